The molecule has 2 atom stereocenters. The molecule has 0 aromatic heterocycles. The van der Waals surface area contributed by atoms with Crippen molar-refractivity contribution in [3.05, 3.63) is 36.4 Å². The minimum atomic E-state index is 0.00436. The lowest BCUT2D eigenvalue weighted by atomic mass is 9.91. The van der Waals surface area contributed by atoms with E-state index in [0.29, 0.717) is 24.5 Å². The Balaban J connectivity index is 1.55. The van der Waals surface area contributed by atoms with Crippen LogP contribution in [-0.4, -0.2) is 55.7 Å². The van der Waals surface area contributed by atoms with Gasteiger partial charge in [-0.05, 0) is 75.5 Å². The van der Waals surface area contributed by atoms with Gasteiger partial charge in [0.05, 0.1) is 0 Å². The van der Waals surface area contributed by atoms with Crippen molar-refractivity contribution in [3.63, 3.8) is 0 Å². The molecule has 1 N–H and O–H groups in total. The number of amides is 2. The van der Waals surface area contributed by atoms with Gasteiger partial charge in [0.1, 0.15) is 12.4 Å². The van der Waals surface area contributed by atoms with Crippen LogP contribution in [0.25, 0.3) is 0 Å². The minimum absolute atomic E-state index is 0.00436. The number of anilines is 1. The summed E-state index contributed by atoms with van der Waals surface area (Å²) in [6.07, 6.45) is 2.46. The summed E-state index contributed by atoms with van der Waals surface area (Å²) in [5.41, 5.74) is 1.78. The Hall–Kier alpha value is -2.01. The van der Waals surface area contributed by atoms with E-state index in [1.54, 1.807) is 0 Å². The van der Waals surface area contributed by atoms with E-state index in [1.165, 1.54) is 12.8 Å². The van der Waals surface area contributed by atoms with E-state index in [2.05, 4.69) is 30.9 Å². The Kier molecular flexibility index (Phi) is 5.33. The summed E-state index contributed by atoms with van der Waals surface area (Å²) >= 11 is 0. The number of urea groups is 1. The largest absolute Gasteiger partial charge is 0.489 e. The van der Waals surface area contributed by atoms with Crippen molar-refractivity contribution in [2.45, 2.75) is 25.8 Å². The molecule has 2 aliphatic rings. The topological polar surface area (TPSA) is 44.8 Å². The van der Waals surface area contributed by atoms with Crippen LogP contribution < -0.4 is 10.1 Å². The lowest BCUT2D eigenvalue weighted by molar-refractivity contribution is 0.0953. The number of ether oxygens (including phenoxy) is 1. The maximum atomic E-state index is 12.6. The maximum Gasteiger partial charge on any atom is 0.321 e. The number of fused-ring (bicyclic) bond motifs is 2. The van der Waals surface area contributed by atoms with Crippen LogP contribution in [0.2, 0.25) is 0 Å². The van der Waals surface area contributed by atoms with E-state index < -0.39 is 0 Å². The van der Waals surface area contributed by atoms with E-state index in [-0.39, 0.29) is 6.03 Å². The predicted molar refractivity (Wildman–Crippen MR) is 101 cm³/mol. The summed E-state index contributed by atoms with van der Waals surface area (Å²) in [5.74, 6) is 1.97. The quantitative estimate of drug-likeness (QED) is 0.833. The van der Waals surface area contributed by atoms with Crippen LogP contribution in [0.15, 0.2) is 36.4 Å². The fraction of sp³-hybridized carbons (Fsp3) is 0.550. The first-order valence-corrected chi connectivity index (χ1v) is 9.03. The SMILES string of the molecule is C=C(C)COc1ccc(NC(=O)N2CC3CCC(C2)C3N(C)C)cc1. The van der Waals surface area contributed by atoms with Crippen LogP contribution in [0.4, 0.5) is 10.5 Å². The van der Waals surface area contributed by atoms with E-state index >= 15 is 0 Å². The number of piperidine rings is 1. The minimum Gasteiger partial charge on any atom is -0.489 e. The van der Waals surface area contributed by atoms with Crippen LogP contribution in [0, 0.1) is 11.8 Å². The molecule has 2 fully saturated rings. The highest BCUT2D eigenvalue weighted by Gasteiger charge is 2.44. The summed E-state index contributed by atoms with van der Waals surface area (Å²) in [4.78, 5) is 16.9. The van der Waals surface area contributed by atoms with Gasteiger partial charge in [-0.2, -0.15) is 0 Å². The molecule has 1 aliphatic heterocycles. The average Bonchev–Trinajstić information content (AvgIpc) is 2.84. The normalized spacial score (nSPS) is 25.1. The molecule has 2 unspecified atom stereocenters. The molecule has 1 heterocycles. The summed E-state index contributed by atoms with van der Waals surface area (Å²) < 4.78 is 5.59. The van der Waals surface area contributed by atoms with E-state index in [4.69, 9.17) is 4.74 Å². The second kappa shape index (κ2) is 7.48. The second-order valence-corrected chi connectivity index (χ2v) is 7.66. The van der Waals surface area contributed by atoms with Crippen molar-refractivity contribution in [1.29, 1.82) is 0 Å². The summed E-state index contributed by atoms with van der Waals surface area (Å²) in [5, 5.41) is 3.02. The van der Waals surface area contributed by atoms with Gasteiger partial charge >= 0.3 is 6.03 Å². The highest BCUT2D eigenvalue weighted by molar-refractivity contribution is 5.89. The number of carbonyl (C=O) groups is 1. The molecule has 136 valence electrons. The predicted octanol–water partition coefficient (Wildman–Crippen LogP) is 3.45. The number of hydrogen-bond donors (Lipinski definition) is 1. The van der Waals surface area contributed by atoms with Crippen LogP contribution >= 0.6 is 0 Å². The van der Waals surface area contributed by atoms with Gasteiger partial charge in [-0.25, -0.2) is 4.79 Å². The summed E-state index contributed by atoms with van der Waals surface area (Å²) in [6.45, 7) is 7.97. The van der Waals surface area contributed by atoms with Gasteiger partial charge < -0.3 is 19.9 Å². The number of hydrogen-bond acceptors (Lipinski definition) is 3. The Morgan fingerprint density at radius 1 is 1.24 bits per heavy atom. The summed E-state index contributed by atoms with van der Waals surface area (Å²) in [6, 6.07) is 8.14. The average molecular weight is 343 g/mol. The first-order chi connectivity index (χ1) is 11.9. The fourth-order valence-corrected chi connectivity index (χ4v) is 4.25. The standard InChI is InChI=1S/C20H29N3O2/c1-14(2)13-25-18-9-7-17(8-10-18)21-20(24)23-11-15-5-6-16(12-23)19(15)22(3)4/h7-10,15-16,19H,1,5-6,11-13H2,2-4H3,(H,21,24). The zero-order valence-electron chi connectivity index (χ0n) is 15.5. The third kappa shape index (κ3) is 4.15. The van der Waals surface area contributed by atoms with Crippen molar-refractivity contribution < 1.29 is 9.53 Å². The number of likely N-dealkylation sites (tertiary alicyclic amines) is 1. The second-order valence-electron chi connectivity index (χ2n) is 7.66. The molecule has 1 aliphatic carbocycles. The Bertz CT molecular complexity index is 612. The zero-order valence-corrected chi connectivity index (χ0v) is 15.5. The Morgan fingerprint density at radius 3 is 2.36 bits per heavy atom. The number of nitrogens with one attached hydrogen (secondary N) is 1. The van der Waals surface area contributed by atoms with Gasteiger partial charge in [0, 0.05) is 24.8 Å². The Morgan fingerprint density at radius 2 is 1.84 bits per heavy atom. The zero-order chi connectivity index (χ0) is 18.0. The van der Waals surface area contributed by atoms with E-state index in [0.717, 1.165) is 30.1 Å². The molecule has 1 saturated carbocycles. The molecule has 1 aromatic rings. The molecular formula is C20H29N3O2. The highest BCUT2D eigenvalue weighted by atomic mass is 16.5. The fourth-order valence-electron chi connectivity index (χ4n) is 4.25. The lowest BCUT2D eigenvalue weighted by Crippen LogP contribution is -2.53. The summed E-state index contributed by atoms with van der Waals surface area (Å²) in [7, 11) is 4.31. The smallest absolute Gasteiger partial charge is 0.321 e. The molecular weight excluding hydrogens is 314 g/mol. The third-order valence-corrected chi connectivity index (χ3v) is 5.26. The van der Waals surface area contributed by atoms with Crippen molar-refractivity contribution in [3.8, 4) is 5.75 Å². The van der Waals surface area contributed by atoms with Crippen LogP contribution in [0.5, 0.6) is 5.75 Å². The molecule has 25 heavy (non-hydrogen) atoms. The molecule has 0 spiro atoms. The van der Waals surface area contributed by atoms with E-state index in [1.807, 2.05) is 36.1 Å². The van der Waals surface area contributed by atoms with Gasteiger partial charge in [-0.3, -0.25) is 0 Å². The molecule has 5 heteroatoms. The monoisotopic (exact) mass is 343 g/mol. The molecule has 1 aromatic carbocycles. The number of nitrogens with zero attached hydrogens (tertiary/aromatic N) is 2. The van der Waals surface area contributed by atoms with Crippen LogP contribution in [-0.2, 0) is 0 Å². The molecule has 5 nitrogen and oxygen atoms in total. The van der Waals surface area contributed by atoms with Crippen molar-refractivity contribution in [2.75, 3.05) is 39.1 Å². The highest BCUT2D eigenvalue weighted by Crippen LogP contribution is 2.39. The van der Waals surface area contributed by atoms with E-state index in [9.17, 15) is 4.79 Å². The maximum absolute atomic E-state index is 12.6. The molecule has 3 rings (SSSR count). The number of benzene rings is 1. The van der Waals surface area contributed by atoms with Gasteiger partial charge in [-0.1, -0.05) is 6.58 Å². The van der Waals surface area contributed by atoms with Crippen LogP contribution in [0.1, 0.15) is 19.8 Å². The number of carbonyl (C=O) groups excluding carboxylic acids is 1. The number of rotatable bonds is 5. The molecule has 1 saturated heterocycles. The molecule has 0 radical (unpaired) electrons. The van der Waals surface area contributed by atoms with Gasteiger partial charge in [-0.15, -0.1) is 0 Å². The molecule has 2 bridgehead atoms. The van der Waals surface area contributed by atoms with Crippen molar-refractivity contribution in [1.82, 2.24) is 9.80 Å². The first kappa shape index (κ1) is 17.8. The van der Waals surface area contributed by atoms with Crippen LogP contribution in [0.3, 0.4) is 0 Å². The van der Waals surface area contributed by atoms with Gasteiger partial charge in [0.15, 0.2) is 0 Å². The molecule has 2 amide bonds. The van der Waals surface area contributed by atoms with Gasteiger partial charge in [0.2, 0.25) is 0 Å². The van der Waals surface area contributed by atoms with Crippen molar-refractivity contribution >= 4 is 11.7 Å². The van der Waals surface area contributed by atoms with Gasteiger partial charge in [0.25, 0.3) is 0 Å². The lowest BCUT2D eigenvalue weighted by Gasteiger charge is -2.41. The van der Waals surface area contributed by atoms with Crippen molar-refractivity contribution in [2.24, 2.45) is 11.8 Å². The first-order valence-electron chi connectivity index (χ1n) is 9.03. The Labute approximate surface area is 150 Å². The third-order valence-electron chi connectivity index (χ3n) is 5.26.